The van der Waals surface area contributed by atoms with Crippen molar-refractivity contribution in [1.29, 1.82) is 0 Å². The number of rotatable bonds is 4. The monoisotopic (exact) mass is 356 g/mol. The summed E-state index contributed by atoms with van der Waals surface area (Å²) in [5.41, 5.74) is 2.29. The van der Waals surface area contributed by atoms with Crippen LogP contribution in [0.5, 0.6) is 0 Å². The molecule has 3 fully saturated rings. The molecule has 1 aromatic carbocycles. The summed E-state index contributed by atoms with van der Waals surface area (Å²) in [6.45, 7) is 8.43. The van der Waals surface area contributed by atoms with Crippen LogP contribution in [0.15, 0.2) is 24.4 Å². The van der Waals surface area contributed by atoms with E-state index in [1.807, 2.05) is 6.07 Å². The summed E-state index contributed by atoms with van der Waals surface area (Å²) in [5, 5.41) is 6.36. The molecule has 0 radical (unpaired) electrons. The molecule has 4 nitrogen and oxygen atoms in total. The van der Waals surface area contributed by atoms with Crippen LogP contribution < -0.4 is 0 Å². The molecule has 0 atom stereocenters. The third kappa shape index (κ3) is 3.40. The number of fused-ring (bicyclic) bond motifs is 1. The Hall–Kier alpha value is -1.43. The van der Waals surface area contributed by atoms with E-state index >= 15 is 0 Å². The lowest BCUT2D eigenvalue weighted by atomic mass is 9.89. The molecule has 2 aromatic rings. The van der Waals surface area contributed by atoms with Crippen molar-refractivity contribution in [1.82, 2.24) is 19.9 Å². The standard InChI is InChI=1S/C21H29FN4/c22-18-3-4-19-20(14-23-21(19)13-18)17-5-7-25(8-6-17)26-11-9-24(10-12-26)15-16-1-2-16/h3-4,13-14,16-17,23H,1-2,5-12,15H2. The summed E-state index contributed by atoms with van der Waals surface area (Å²) in [7, 11) is 0. The van der Waals surface area contributed by atoms with Gasteiger partial charge in [-0.1, -0.05) is 0 Å². The lowest BCUT2D eigenvalue weighted by Gasteiger charge is -2.44. The molecule has 26 heavy (non-hydrogen) atoms. The molecule has 1 N–H and O–H groups in total. The fraction of sp³-hybridized carbons (Fsp3) is 0.619. The zero-order valence-electron chi connectivity index (χ0n) is 15.5. The van der Waals surface area contributed by atoms with E-state index in [4.69, 9.17) is 0 Å². The van der Waals surface area contributed by atoms with Crippen LogP contribution in [0.1, 0.15) is 37.2 Å². The fourth-order valence-corrected chi connectivity index (χ4v) is 4.79. The van der Waals surface area contributed by atoms with Crippen LogP contribution in [0.4, 0.5) is 4.39 Å². The topological polar surface area (TPSA) is 25.5 Å². The van der Waals surface area contributed by atoms with Crippen LogP contribution in [0.2, 0.25) is 0 Å². The fourth-order valence-electron chi connectivity index (χ4n) is 4.79. The third-order valence-electron chi connectivity index (χ3n) is 6.55. The number of piperidine rings is 1. The summed E-state index contributed by atoms with van der Waals surface area (Å²) >= 11 is 0. The molecule has 5 heteroatoms. The highest BCUT2D eigenvalue weighted by molar-refractivity contribution is 5.83. The van der Waals surface area contributed by atoms with E-state index in [-0.39, 0.29) is 5.82 Å². The van der Waals surface area contributed by atoms with Gasteiger partial charge in [0.05, 0.1) is 0 Å². The Labute approximate surface area is 154 Å². The maximum Gasteiger partial charge on any atom is 0.125 e. The number of benzene rings is 1. The maximum absolute atomic E-state index is 13.4. The Bertz CT molecular complexity index is 752. The Morgan fingerprint density at radius 2 is 1.65 bits per heavy atom. The van der Waals surface area contributed by atoms with Gasteiger partial charge in [0.2, 0.25) is 0 Å². The van der Waals surface area contributed by atoms with Crippen molar-refractivity contribution in [2.75, 3.05) is 45.8 Å². The van der Waals surface area contributed by atoms with Crippen molar-refractivity contribution in [2.45, 2.75) is 31.6 Å². The molecule has 0 bridgehead atoms. The van der Waals surface area contributed by atoms with E-state index in [0.29, 0.717) is 5.92 Å². The summed E-state index contributed by atoms with van der Waals surface area (Å²) in [6.07, 6.45) is 7.38. The maximum atomic E-state index is 13.4. The number of H-pyrrole nitrogens is 1. The summed E-state index contributed by atoms with van der Waals surface area (Å²) < 4.78 is 13.4. The van der Waals surface area contributed by atoms with Gasteiger partial charge in [-0.25, -0.2) is 14.4 Å². The van der Waals surface area contributed by atoms with Crippen molar-refractivity contribution >= 4 is 10.9 Å². The molecule has 0 amide bonds. The normalized spacial score (nSPS) is 24.5. The van der Waals surface area contributed by atoms with Crippen LogP contribution in [0.25, 0.3) is 10.9 Å². The predicted molar refractivity (Wildman–Crippen MR) is 103 cm³/mol. The molecule has 3 aliphatic rings. The van der Waals surface area contributed by atoms with Crippen LogP contribution in [0, 0.1) is 11.7 Å². The minimum atomic E-state index is -0.165. The van der Waals surface area contributed by atoms with Gasteiger partial charge in [-0.15, -0.1) is 0 Å². The van der Waals surface area contributed by atoms with Gasteiger partial charge >= 0.3 is 0 Å². The van der Waals surface area contributed by atoms with E-state index in [9.17, 15) is 4.39 Å². The first-order valence-electron chi connectivity index (χ1n) is 10.2. The summed E-state index contributed by atoms with van der Waals surface area (Å²) in [6, 6.07) is 5.12. The van der Waals surface area contributed by atoms with Crippen LogP contribution >= 0.6 is 0 Å². The molecule has 0 spiro atoms. The number of aromatic nitrogens is 1. The Balaban J connectivity index is 1.17. The van der Waals surface area contributed by atoms with E-state index in [1.54, 1.807) is 12.1 Å². The average Bonchev–Trinajstić information content (AvgIpc) is 3.39. The molecule has 1 aromatic heterocycles. The predicted octanol–water partition coefficient (Wildman–Crippen LogP) is 3.43. The molecule has 1 saturated carbocycles. The number of hydrogen-bond donors (Lipinski definition) is 1. The SMILES string of the molecule is Fc1ccc2c(C3CCN(N4CCN(CC5CC5)CC4)CC3)c[nH]c2c1. The lowest BCUT2D eigenvalue weighted by molar-refractivity contribution is -0.0713. The minimum Gasteiger partial charge on any atom is -0.361 e. The van der Waals surface area contributed by atoms with Crippen LogP contribution in [-0.2, 0) is 0 Å². The summed E-state index contributed by atoms with van der Waals surface area (Å²) in [5.74, 6) is 1.42. The molecular formula is C21H29FN4. The van der Waals surface area contributed by atoms with Crippen molar-refractivity contribution in [3.05, 3.63) is 35.8 Å². The quantitative estimate of drug-likeness (QED) is 0.909. The Kier molecular flexibility index (Phi) is 4.47. The number of halogens is 1. The molecule has 3 heterocycles. The van der Waals surface area contributed by atoms with Gasteiger partial charge in [0, 0.05) is 62.9 Å². The smallest absolute Gasteiger partial charge is 0.125 e. The number of nitrogens with one attached hydrogen (secondary N) is 1. The Morgan fingerprint density at radius 3 is 2.38 bits per heavy atom. The molecule has 2 aliphatic heterocycles. The van der Waals surface area contributed by atoms with Crippen LogP contribution in [-0.4, -0.2) is 65.7 Å². The number of piperazine rings is 1. The van der Waals surface area contributed by atoms with Gasteiger partial charge in [-0.05, 0) is 61.3 Å². The van der Waals surface area contributed by atoms with E-state index in [1.165, 1.54) is 69.4 Å². The zero-order valence-corrected chi connectivity index (χ0v) is 15.5. The number of nitrogens with zero attached hydrogens (tertiary/aromatic N) is 3. The highest BCUT2D eigenvalue weighted by atomic mass is 19.1. The minimum absolute atomic E-state index is 0.165. The first-order valence-corrected chi connectivity index (χ1v) is 10.2. The highest BCUT2D eigenvalue weighted by Gasteiger charge is 2.30. The lowest BCUT2D eigenvalue weighted by Crippen LogP contribution is -2.55. The van der Waals surface area contributed by atoms with Gasteiger partial charge < -0.3 is 9.88 Å². The van der Waals surface area contributed by atoms with Gasteiger partial charge in [0.15, 0.2) is 0 Å². The number of aromatic amines is 1. The van der Waals surface area contributed by atoms with E-state index in [0.717, 1.165) is 24.5 Å². The number of hydrogen-bond acceptors (Lipinski definition) is 3. The second-order valence-corrected chi connectivity index (χ2v) is 8.36. The second kappa shape index (κ2) is 6.95. The van der Waals surface area contributed by atoms with Crippen molar-refractivity contribution in [3.63, 3.8) is 0 Å². The zero-order chi connectivity index (χ0) is 17.5. The third-order valence-corrected chi connectivity index (χ3v) is 6.55. The molecule has 0 unspecified atom stereocenters. The van der Waals surface area contributed by atoms with Gasteiger partial charge in [0.1, 0.15) is 5.82 Å². The van der Waals surface area contributed by atoms with E-state index < -0.39 is 0 Å². The Morgan fingerprint density at radius 1 is 0.923 bits per heavy atom. The molecule has 1 aliphatic carbocycles. The van der Waals surface area contributed by atoms with Crippen LogP contribution in [0.3, 0.4) is 0 Å². The molecule has 140 valence electrons. The van der Waals surface area contributed by atoms with Crippen molar-refractivity contribution in [3.8, 4) is 0 Å². The van der Waals surface area contributed by atoms with Crippen molar-refractivity contribution in [2.24, 2.45) is 5.92 Å². The van der Waals surface area contributed by atoms with Gasteiger partial charge in [0.25, 0.3) is 0 Å². The first-order chi connectivity index (χ1) is 12.8. The summed E-state index contributed by atoms with van der Waals surface area (Å²) in [4.78, 5) is 5.92. The first kappa shape index (κ1) is 16.7. The van der Waals surface area contributed by atoms with Crippen molar-refractivity contribution < 1.29 is 4.39 Å². The molecule has 2 saturated heterocycles. The molecular weight excluding hydrogens is 327 g/mol. The highest BCUT2D eigenvalue weighted by Crippen LogP contribution is 2.34. The number of hydrazine groups is 1. The largest absolute Gasteiger partial charge is 0.361 e. The van der Waals surface area contributed by atoms with Gasteiger partial charge in [-0.2, -0.15) is 0 Å². The molecule has 5 rings (SSSR count). The van der Waals surface area contributed by atoms with Gasteiger partial charge in [-0.3, -0.25) is 0 Å². The average molecular weight is 356 g/mol. The van der Waals surface area contributed by atoms with E-state index in [2.05, 4.69) is 26.1 Å². The second-order valence-electron chi connectivity index (χ2n) is 8.36.